The number of hydrogen-bond acceptors (Lipinski definition) is 3. The first kappa shape index (κ1) is 19.4. The largest absolute Gasteiger partial charge is 0.369 e. The molecule has 1 amide bonds. The molecule has 1 N–H and O–H groups in total. The lowest BCUT2D eigenvalue weighted by atomic mass is 9.97. The van der Waals surface area contributed by atoms with Crippen LogP contribution in [0.1, 0.15) is 38.7 Å². The van der Waals surface area contributed by atoms with E-state index in [1.165, 1.54) is 11.3 Å². The quantitative estimate of drug-likeness (QED) is 0.827. The summed E-state index contributed by atoms with van der Waals surface area (Å²) < 4.78 is 0. The molecule has 2 aromatic carbocycles. The molecule has 0 aliphatic carbocycles. The van der Waals surface area contributed by atoms with Gasteiger partial charge in [-0.15, -0.1) is 0 Å². The smallest absolute Gasteiger partial charge is 0.241 e. The van der Waals surface area contributed by atoms with Crippen molar-refractivity contribution in [1.29, 1.82) is 0 Å². The van der Waals surface area contributed by atoms with Gasteiger partial charge in [0.25, 0.3) is 0 Å². The number of nitrogens with zero attached hydrogens (tertiary/aromatic N) is 2. The monoisotopic (exact) mass is 365 g/mol. The molecule has 2 aromatic rings. The van der Waals surface area contributed by atoms with Gasteiger partial charge in [0.05, 0.1) is 6.04 Å². The van der Waals surface area contributed by atoms with Crippen molar-refractivity contribution in [3.05, 3.63) is 60.2 Å². The van der Waals surface area contributed by atoms with Gasteiger partial charge in [-0.1, -0.05) is 50.2 Å². The van der Waals surface area contributed by atoms with Gasteiger partial charge in [0, 0.05) is 37.6 Å². The number of carbonyl (C=O) groups is 1. The minimum Gasteiger partial charge on any atom is -0.369 e. The summed E-state index contributed by atoms with van der Waals surface area (Å²) in [4.78, 5) is 17.5. The van der Waals surface area contributed by atoms with Gasteiger partial charge in [0.1, 0.15) is 0 Å². The van der Waals surface area contributed by atoms with E-state index in [1.807, 2.05) is 31.2 Å². The Kier molecular flexibility index (Phi) is 6.51. The maximum Gasteiger partial charge on any atom is 0.241 e. The summed E-state index contributed by atoms with van der Waals surface area (Å²) in [6, 6.07) is 18.5. The molecule has 0 radical (unpaired) electrons. The first-order valence-corrected chi connectivity index (χ1v) is 10.0. The molecule has 0 bridgehead atoms. The maximum absolute atomic E-state index is 12.9. The summed E-state index contributed by atoms with van der Waals surface area (Å²) in [6.07, 6.45) is 1.06. The summed E-state index contributed by atoms with van der Waals surface area (Å²) in [5, 5.41) is 3.17. The summed E-state index contributed by atoms with van der Waals surface area (Å²) >= 11 is 0. The average Bonchev–Trinajstić information content (AvgIpc) is 2.73. The van der Waals surface area contributed by atoms with Crippen LogP contribution in [-0.2, 0) is 4.79 Å². The van der Waals surface area contributed by atoms with Crippen LogP contribution in [0.5, 0.6) is 0 Å². The molecule has 27 heavy (non-hydrogen) atoms. The number of rotatable bonds is 6. The Labute approximate surface area is 163 Å². The van der Waals surface area contributed by atoms with E-state index < -0.39 is 0 Å². The van der Waals surface area contributed by atoms with Crippen LogP contribution in [0.4, 0.5) is 11.4 Å². The second-order valence-electron chi connectivity index (χ2n) is 7.42. The fourth-order valence-corrected chi connectivity index (χ4v) is 3.67. The summed E-state index contributed by atoms with van der Waals surface area (Å²) in [5.74, 6) is 0.519. The first-order chi connectivity index (χ1) is 13.1. The molecular formula is C23H31N3O. The second-order valence-corrected chi connectivity index (χ2v) is 7.42. The summed E-state index contributed by atoms with van der Waals surface area (Å²) in [5.41, 5.74) is 3.43. The lowest BCUT2D eigenvalue weighted by molar-refractivity contribution is -0.120. The van der Waals surface area contributed by atoms with Gasteiger partial charge in [0.2, 0.25) is 5.91 Å². The average molecular weight is 366 g/mol. The van der Waals surface area contributed by atoms with Crippen molar-refractivity contribution in [1.82, 2.24) is 4.90 Å². The molecule has 0 aromatic heterocycles. The van der Waals surface area contributed by atoms with Crippen molar-refractivity contribution >= 4 is 17.3 Å². The maximum atomic E-state index is 12.9. The third-order valence-corrected chi connectivity index (χ3v) is 5.72. The van der Waals surface area contributed by atoms with Crippen molar-refractivity contribution in [2.75, 3.05) is 36.4 Å². The third kappa shape index (κ3) is 4.69. The summed E-state index contributed by atoms with van der Waals surface area (Å²) in [7, 11) is 0. The predicted octanol–water partition coefficient (Wildman–Crippen LogP) is 4.35. The van der Waals surface area contributed by atoms with Crippen molar-refractivity contribution in [2.45, 2.75) is 39.2 Å². The molecule has 2 atom stereocenters. The molecule has 144 valence electrons. The van der Waals surface area contributed by atoms with Crippen LogP contribution in [0.25, 0.3) is 0 Å². The lowest BCUT2D eigenvalue weighted by Gasteiger charge is -2.38. The molecule has 1 aliphatic rings. The normalized spacial score (nSPS) is 17.4. The minimum atomic E-state index is -0.132. The zero-order valence-corrected chi connectivity index (χ0v) is 16.7. The Morgan fingerprint density at radius 1 is 0.963 bits per heavy atom. The van der Waals surface area contributed by atoms with Crippen LogP contribution in [0.3, 0.4) is 0 Å². The molecule has 1 heterocycles. The molecule has 4 nitrogen and oxygen atoms in total. The number of para-hydroxylation sites is 2. The van der Waals surface area contributed by atoms with Crippen molar-refractivity contribution in [3.8, 4) is 0 Å². The number of amides is 1. The zero-order valence-electron chi connectivity index (χ0n) is 16.7. The van der Waals surface area contributed by atoms with E-state index in [4.69, 9.17) is 0 Å². The molecule has 1 saturated heterocycles. The van der Waals surface area contributed by atoms with E-state index in [9.17, 15) is 4.79 Å². The van der Waals surface area contributed by atoms with Crippen LogP contribution in [-0.4, -0.2) is 43.0 Å². The van der Waals surface area contributed by atoms with E-state index in [1.54, 1.807) is 0 Å². The molecule has 3 rings (SSSR count). The van der Waals surface area contributed by atoms with Gasteiger partial charge in [-0.3, -0.25) is 9.69 Å². The second kappa shape index (κ2) is 9.05. The Morgan fingerprint density at radius 2 is 1.59 bits per heavy atom. The van der Waals surface area contributed by atoms with E-state index in [0.717, 1.165) is 38.3 Å². The number of hydrogen-bond donors (Lipinski definition) is 1. The Bertz CT molecular complexity index is 738. The highest BCUT2D eigenvalue weighted by Crippen LogP contribution is 2.27. The number of nitrogens with one attached hydrogen (secondary N) is 1. The molecule has 4 heteroatoms. The number of piperazine rings is 1. The van der Waals surface area contributed by atoms with E-state index in [0.29, 0.717) is 5.92 Å². The highest BCUT2D eigenvalue weighted by Gasteiger charge is 2.26. The van der Waals surface area contributed by atoms with Crippen molar-refractivity contribution in [2.24, 2.45) is 0 Å². The SMILES string of the molecule is CCC(C)c1ccccc1NC(=O)C(C)N1CCN(c2ccccc2)CC1. The van der Waals surface area contributed by atoms with Crippen LogP contribution in [0.15, 0.2) is 54.6 Å². The fraction of sp³-hybridized carbons (Fsp3) is 0.435. The topological polar surface area (TPSA) is 35.6 Å². The van der Waals surface area contributed by atoms with Gasteiger partial charge in [-0.2, -0.15) is 0 Å². The van der Waals surface area contributed by atoms with Gasteiger partial charge < -0.3 is 10.2 Å². The van der Waals surface area contributed by atoms with Crippen LogP contribution >= 0.6 is 0 Å². The Hall–Kier alpha value is -2.33. The van der Waals surface area contributed by atoms with Gasteiger partial charge >= 0.3 is 0 Å². The zero-order chi connectivity index (χ0) is 19.2. The minimum absolute atomic E-state index is 0.0823. The molecule has 1 aliphatic heterocycles. The molecular weight excluding hydrogens is 334 g/mol. The highest BCUT2D eigenvalue weighted by molar-refractivity contribution is 5.95. The predicted molar refractivity (Wildman–Crippen MR) is 113 cm³/mol. The van der Waals surface area contributed by atoms with Crippen LogP contribution in [0.2, 0.25) is 0 Å². The molecule has 0 spiro atoms. The van der Waals surface area contributed by atoms with Crippen LogP contribution in [0, 0.1) is 0 Å². The van der Waals surface area contributed by atoms with Gasteiger partial charge in [-0.05, 0) is 43.0 Å². The fourth-order valence-electron chi connectivity index (χ4n) is 3.67. The highest BCUT2D eigenvalue weighted by atomic mass is 16.2. The first-order valence-electron chi connectivity index (χ1n) is 10.0. The van der Waals surface area contributed by atoms with E-state index >= 15 is 0 Å². The number of anilines is 2. The number of carbonyl (C=O) groups excluding carboxylic acids is 1. The molecule has 0 saturated carbocycles. The van der Waals surface area contributed by atoms with Crippen LogP contribution < -0.4 is 10.2 Å². The van der Waals surface area contributed by atoms with E-state index in [-0.39, 0.29) is 11.9 Å². The van der Waals surface area contributed by atoms with Gasteiger partial charge in [0.15, 0.2) is 0 Å². The van der Waals surface area contributed by atoms with E-state index in [2.05, 4.69) is 59.3 Å². The Morgan fingerprint density at radius 3 is 2.26 bits per heavy atom. The molecule has 1 fully saturated rings. The lowest BCUT2D eigenvalue weighted by Crippen LogP contribution is -2.52. The van der Waals surface area contributed by atoms with Gasteiger partial charge in [-0.25, -0.2) is 0 Å². The standard InChI is InChI=1S/C23H31N3O/c1-4-18(2)21-12-8-9-13-22(21)24-23(27)19(3)25-14-16-26(17-15-25)20-10-6-5-7-11-20/h5-13,18-19H,4,14-17H2,1-3H3,(H,24,27). The third-order valence-electron chi connectivity index (χ3n) is 5.72. The Balaban J connectivity index is 1.59. The van der Waals surface area contributed by atoms with Crippen molar-refractivity contribution in [3.63, 3.8) is 0 Å². The van der Waals surface area contributed by atoms with Crippen molar-refractivity contribution < 1.29 is 4.79 Å². The molecule has 2 unspecified atom stereocenters. The number of benzene rings is 2. The summed E-state index contributed by atoms with van der Waals surface area (Å²) in [6.45, 7) is 10.1.